The molecule has 0 amide bonds. The zero-order valence-corrected chi connectivity index (χ0v) is 8.37. The number of nitrogens with one attached hydrogen (secondary N) is 1. The summed E-state index contributed by atoms with van der Waals surface area (Å²) in [5.41, 5.74) is 0. The van der Waals surface area contributed by atoms with Gasteiger partial charge in [0.2, 0.25) is 0 Å². The first-order chi connectivity index (χ1) is 5.29. The lowest BCUT2D eigenvalue weighted by Crippen LogP contribution is -2.32. The smallest absolute Gasteiger partial charge is 0.194 e. The van der Waals surface area contributed by atoms with Gasteiger partial charge in [-0.3, -0.25) is 0 Å². The van der Waals surface area contributed by atoms with E-state index in [4.69, 9.17) is 0 Å². The SMILES string of the molecule is C[C@H]1NCCn2c(I)nnc21. The highest BCUT2D eigenvalue weighted by molar-refractivity contribution is 14.1. The maximum absolute atomic E-state index is 4.08. The van der Waals surface area contributed by atoms with E-state index in [1.54, 1.807) is 0 Å². The number of hydrogen-bond acceptors (Lipinski definition) is 3. The van der Waals surface area contributed by atoms with E-state index in [-0.39, 0.29) is 0 Å². The molecule has 0 unspecified atom stereocenters. The molecule has 0 radical (unpaired) electrons. The van der Waals surface area contributed by atoms with Crippen molar-refractivity contribution in [2.24, 2.45) is 0 Å². The molecule has 0 aliphatic carbocycles. The number of rotatable bonds is 0. The predicted molar refractivity (Wildman–Crippen MR) is 49.2 cm³/mol. The summed E-state index contributed by atoms with van der Waals surface area (Å²) in [6.07, 6.45) is 0. The van der Waals surface area contributed by atoms with Gasteiger partial charge in [0.1, 0.15) is 0 Å². The first-order valence-corrected chi connectivity index (χ1v) is 4.69. The van der Waals surface area contributed by atoms with E-state index in [0.29, 0.717) is 6.04 Å². The van der Waals surface area contributed by atoms with Gasteiger partial charge in [0.05, 0.1) is 6.04 Å². The Morgan fingerprint density at radius 3 is 3.18 bits per heavy atom. The van der Waals surface area contributed by atoms with Crippen molar-refractivity contribution in [2.45, 2.75) is 19.5 Å². The van der Waals surface area contributed by atoms with E-state index >= 15 is 0 Å². The Morgan fingerprint density at radius 2 is 2.45 bits per heavy atom. The molecule has 0 saturated carbocycles. The summed E-state index contributed by atoms with van der Waals surface area (Å²) in [6.45, 7) is 4.11. The maximum atomic E-state index is 4.08. The Balaban J connectivity index is 2.46. The Kier molecular flexibility index (Phi) is 1.84. The van der Waals surface area contributed by atoms with Crippen molar-refractivity contribution in [3.63, 3.8) is 0 Å². The van der Waals surface area contributed by atoms with Crippen LogP contribution in [0.15, 0.2) is 0 Å². The van der Waals surface area contributed by atoms with Gasteiger partial charge in [-0.2, -0.15) is 0 Å². The van der Waals surface area contributed by atoms with Gasteiger partial charge in [-0.05, 0) is 6.92 Å². The quantitative estimate of drug-likeness (QED) is 0.696. The summed E-state index contributed by atoms with van der Waals surface area (Å²) in [4.78, 5) is 0. The van der Waals surface area contributed by atoms with Crippen molar-refractivity contribution in [3.8, 4) is 0 Å². The van der Waals surface area contributed by atoms with E-state index in [2.05, 4.69) is 49.6 Å². The molecular formula is C6H9IN4. The van der Waals surface area contributed by atoms with Crippen LogP contribution in [0.3, 0.4) is 0 Å². The van der Waals surface area contributed by atoms with Crippen molar-refractivity contribution in [2.75, 3.05) is 6.54 Å². The van der Waals surface area contributed by atoms with Gasteiger partial charge in [-0.15, -0.1) is 10.2 Å². The fourth-order valence-corrected chi connectivity index (χ4v) is 1.90. The largest absolute Gasteiger partial charge is 0.306 e. The number of aromatic nitrogens is 3. The molecule has 11 heavy (non-hydrogen) atoms. The fraction of sp³-hybridized carbons (Fsp3) is 0.667. The highest BCUT2D eigenvalue weighted by Crippen LogP contribution is 2.15. The monoisotopic (exact) mass is 264 g/mol. The van der Waals surface area contributed by atoms with Crippen molar-refractivity contribution >= 4 is 22.6 Å². The first-order valence-electron chi connectivity index (χ1n) is 3.61. The maximum Gasteiger partial charge on any atom is 0.194 e. The Hall–Kier alpha value is -0.170. The molecule has 1 N–H and O–H groups in total. The van der Waals surface area contributed by atoms with Crippen LogP contribution in [0, 0.1) is 3.83 Å². The molecule has 1 aliphatic heterocycles. The topological polar surface area (TPSA) is 42.7 Å². The van der Waals surface area contributed by atoms with Crippen LogP contribution in [-0.4, -0.2) is 21.3 Å². The van der Waals surface area contributed by atoms with Gasteiger partial charge in [0.15, 0.2) is 9.66 Å². The van der Waals surface area contributed by atoms with Crippen LogP contribution >= 0.6 is 22.6 Å². The summed E-state index contributed by atoms with van der Waals surface area (Å²) in [5.74, 6) is 1.06. The molecule has 1 aromatic heterocycles. The van der Waals surface area contributed by atoms with Crippen molar-refractivity contribution < 1.29 is 0 Å². The minimum Gasteiger partial charge on any atom is -0.306 e. The van der Waals surface area contributed by atoms with E-state index < -0.39 is 0 Å². The fourth-order valence-electron chi connectivity index (χ4n) is 1.31. The minimum absolute atomic E-state index is 0.347. The van der Waals surface area contributed by atoms with Crippen molar-refractivity contribution in [1.82, 2.24) is 20.1 Å². The first kappa shape index (κ1) is 7.48. The van der Waals surface area contributed by atoms with Crippen LogP contribution in [0.1, 0.15) is 18.8 Å². The molecule has 2 rings (SSSR count). The molecule has 0 bridgehead atoms. The molecule has 0 aromatic carbocycles. The second kappa shape index (κ2) is 2.71. The molecule has 60 valence electrons. The van der Waals surface area contributed by atoms with Crippen molar-refractivity contribution in [3.05, 3.63) is 9.66 Å². The van der Waals surface area contributed by atoms with Gasteiger partial charge in [-0.25, -0.2) is 0 Å². The van der Waals surface area contributed by atoms with Crippen molar-refractivity contribution in [1.29, 1.82) is 0 Å². The molecule has 1 aliphatic rings. The van der Waals surface area contributed by atoms with Crippen LogP contribution < -0.4 is 5.32 Å². The highest BCUT2D eigenvalue weighted by Gasteiger charge is 2.19. The second-order valence-corrected chi connectivity index (χ2v) is 3.62. The summed E-state index contributed by atoms with van der Waals surface area (Å²) in [6, 6.07) is 0.347. The molecule has 1 aromatic rings. The van der Waals surface area contributed by atoms with E-state index in [9.17, 15) is 0 Å². The molecule has 0 fully saturated rings. The molecule has 0 spiro atoms. The average molecular weight is 264 g/mol. The number of nitrogens with zero attached hydrogens (tertiary/aromatic N) is 3. The zero-order chi connectivity index (χ0) is 7.84. The van der Waals surface area contributed by atoms with Gasteiger partial charge in [0.25, 0.3) is 0 Å². The third-order valence-corrected chi connectivity index (χ3v) is 2.71. The third-order valence-electron chi connectivity index (χ3n) is 1.91. The number of halogens is 1. The summed E-state index contributed by atoms with van der Waals surface area (Å²) in [7, 11) is 0. The molecule has 5 heteroatoms. The molecule has 4 nitrogen and oxygen atoms in total. The average Bonchev–Trinajstić information content (AvgIpc) is 2.35. The Bertz CT molecular complexity index is 270. The third kappa shape index (κ3) is 1.16. The molecule has 2 heterocycles. The van der Waals surface area contributed by atoms with Crippen LogP contribution in [-0.2, 0) is 6.54 Å². The summed E-state index contributed by atoms with van der Waals surface area (Å²) < 4.78 is 3.15. The van der Waals surface area contributed by atoms with E-state index in [1.165, 1.54) is 0 Å². The van der Waals surface area contributed by atoms with Gasteiger partial charge in [0, 0.05) is 35.7 Å². The standard InChI is InChI=1S/C6H9IN4/c1-4-5-9-10-6(7)11(5)3-2-8-4/h4,8H,2-3H2,1H3/t4-/m1/s1. The lowest BCUT2D eigenvalue weighted by Gasteiger charge is -2.20. The lowest BCUT2D eigenvalue weighted by molar-refractivity contribution is 0.433. The van der Waals surface area contributed by atoms with Crippen LogP contribution in [0.25, 0.3) is 0 Å². The molecule has 0 saturated heterocycles. The highest BCUT2D eigenvalue weighted by atomic mass is 127. The minimum atomic E-state index is 0.347. The van der Waals surface area contributed by atoms with Gasteiger partial charge in [-0.1, -0.05) is 0 Å². The van der Waals surface area contributed by atoms with Crippen LogP contribution in [0.4, 0.5) is 0 Å². The predicted octanol–water partition coefficient (Wildman–Crippen LogP) is 0.547. The zero-order valence-electron chi connectivity index (χ0n) is 6.21. The Labute approximate surface area is 78.5 Å². The number of fused-ring (bicyclic) bond motifs is 1. The van der Waals surface area contributed by atoms with E-state index in [0.717, 1.165) is 22.7 Å². The molecular weight excluding hydrogens is 255 g/mol. The van der Waals surface area contributed by atoms with Crippen LogP contribution in [0.5, 0.6) is 0 Å². The summed E-state index contributed by atoms with van der Waals surface area (Å²) in [5, 5.41) is 11.4. The number of hydrogen-bond donors (Lipinski definition) is 1. The Morgan fingerprint density at radius 1 is 1.64 bits per heavy atom. The van der Waals surface area contributed by atoms with E-state index in [1.807, 2.05) is 0 Å². The molecule has 1 atom stereocenters. The van der Waals surface area contributed by atoms with Gasteiger partial charge < -0.3 is 9.88 Å². The van der Waals surface area contributed by atoms with Crippen LogP contribution in [0.2, 0.25) is 0 Å². The van der Waals surface area contributed by atoms with Gasteiger partial charge >= 0.3 is 0 Å². The second-order valence-electron chi connectivity index (χ2n) is 2.65. The summed E-state index contributed by atoms with van der Waals surface area (Å²) >= 11 is 2.21. The lowest BCUT2D eigenvalue weighted by atomic mass is 10.2. The normalized spacial score (nSPS) is 23.3.